The lowest BCUT2D eigenvalue weighted by Gasteiger charge is -2.20. The Bertz CT molecular complexity index is 567. The Labute approximate surface area is 118 Å². The number of aromatic nitrogens is 2. The van der Waals surface area contributed by atoms with Gasteiger partial charge in [0.2, 0.25) is 17.7 Å². The molecular weight excluding hydrogens is 256 g/mol. The summed E-state index contributed by atoms with van der Waals surface area (Å²) in [6, 6.07) is 9.47. The quantitative estimate of drug-likeness (QED) is 0.895. The molecule has 20 heavy (non-hydrogen) atoms. The van der Waals surface area contributed by atoms with Gasteiger partial charge in [-0.25, -0.2) is 0 Å². The highest BCUT2D eigenvalue weighted by atomic mass is 16.5. The molecule has 0 fully saturated rings. The van der Waals surface area contributed by atoms with Gasteiger partial charge < -0.3 is 20.1 Å². The third-order valence-corrected chi connectivity index (χ3v) is 2.96. The lowest BCUT2D eigenvalue weighted by Crippen LogP contribution is -2.16. The summed E-state index contributed by atoms with van der Waals surface area (Å²) in [6.45, 7) is 0.446. The minimum Gasteiger partial charge on any atom is -0.481 e. The molecule has 0 aliphatic carbocycles. The fourth-order valence-corrected chi connectivity index (χ4v) is 1.87. The van der Waals surface area contributed by atoms with E-state index in [0.717, 1.165) is 11.3 Å². The lowest BCUT2D eigenvalue weighted by atomic mass is 10.1. The number of benzene rings is 1. The highest BCUT2D eigenvalue weighted by Gasteiger charge is 2.13. The van der Waals surface area contributed by atoms with Gasteiger partial charge in [-0.3, -0.25) is 0 Å². The standard InChI is InChI=1S/C14H18N4O2/c1-18(11-7-5-4-6-10(11)9-15)14-16-12(19-2)8-13(17-14)20-3/h4-8H,9,15H2,1-3H3. The van der Waals surface area contributed by atoms with E-state index >= 15 is 0 Å². The Hall–Kier alpha value is -2.34. The molecule has 0 bridgehead atoms. The summed E-state index contributed by atoms with van der Waals surface area (Å²) < 4.78 is 10.3. The van der Waals surface area contributed by atoms with Gasteiger partial charge in [-0.05, 0) is 11.6 Å². The average Bonchev–Trinajstić information content (AvgIpc) is 2.53. The largest absolute Gasteiger partial charge is 0.481 e. The second kappa shape index (κ2) is 6.21. The Morgan fingerprint density at radius 2 is 1.70 bits per heavy atom. The van der Waals surface area contributed by atoms with Crippen LogP contribution in [0.15, 0.2) is 30.3 Å². The monoisotopic (exact) mass is 274 g/mol. The summed E-state index contributed by atoms with van der Waals surface area (Å²) in [7, 11) is 4.99. The molecule has 1 heterocycles. The van der Waals surface area contributed by atoms with Gasteiger partial charge in [-0.2, -0.15) is 9.97 Å². The minimum absolute atomic E-state index is 0.446. The molecular formula is C14H18N4O2. The molecule has 0 aliphatic heterocycles. The summed E-state index contributed by atoms with van der Waals surface area (Å²) in [5.41, 5.74) is 7.73. The molecule has 0 saturated carbocycles. The van der Waals surface area contributed by atoms with Crippen LogP contribution in [0.3, 0.4) is 0 Å². The van der Waals surface area contributed by atoms with Crippen molar-refractivity contribution in [1.29, 1.82) is 0 Å². The summed E-state index contributed by atoms with van der Waals surface area (Å²) >= 11 is 0. The van der Waals surface area contributed by atoms with Crippen LogP contribution in [-0.4, -0.2) is 31.2 Å². The van der Waals surface area contributed by atoms with Crippen LogP contribution >= 0.6 is 0 Å². The van der Waals surface area contributed by atoms with Gasteiger partial charge in [0.15, 0.2) is 0 Å². The van der Waals surface area contributed by atoms with Gasteiger partial charge in [0.1, 0.15) is 0 Å². The second-order valence-corrected chi connectivity index (χ2v) is 4.14. The molecule has 1 aromatic carbocycles. The van der Waals surface area contributed by atoms with Crippen molar-refractivity contribution in [2.45, 2.75) is 6.54 Å². The number of methoxy groups -OCH3 is 2. The van der Waals surface area contributed by atoms with Crippen LogP contribution in [0.1, 0.15) is 5.56 Å². The number of ether oxygens (including phenoxy) is 2. The maximum atomic E-state index is 5.76. The van der Waals surface area contributed by atoms with E-state index in [4.69, 9.17) is 15.2 Å². The van der Waals surface area contributed by atoms with E-state index in [1.807, 2.05) is 36.2 Å². The van der Waals surface area contributed by atoms with Crippen molar-refractivity contribution in [1.82, 2.24) is 9.97 Å². The summed E-state index contributed by atoms with van der Waals surface area (Å²) in [5.74, 6) is 1.38. The van der Waals surface area contributed by atoms with Crippen molar-refractivity contribution in [2.24, 2.45) is 5.73 Å². The highest BCUT2D eigenvalue weighted by Crippen LogP contribution is 2.27. The zero-order chi connectivity index (χ0) is 14.5. The van der Waals surface area contributed by atoms with Crippen molar-refractivity contribution in [3.05, 3.63) is 35.9 Å². The number of rotatable bonds is 5. The predicted octanol–water partition coefficient (Wildman–Crippen LogP) is 1.72. The molecule has 1 aromatic heterocycles. The fourth-order valence-electron chi connectivity index (χ4n) is 1.87. The smallest absolute Gasteiger partial charge is 0.236 e. The molecule has 0 saturated heterocycles. The Balaban J connectivity index is 2.44. The second-order valence-electron chi connectivity index (χ2n) is 4.14. The molecule has 0 aliphatic rings. The lowest BCUT2D eigenvalue weighted by molar-refractivity contribution is 0.372. The molecule has 0 atom stereocenters. The molecule has 2 rings (SSSR count). The summed E-state index contributed by atoms with van der Waals surface area (Å²) in [4.78, 5) is 10.5. The zero-order valence-corrected chi connectivity index (χ0v) is 11.8. The van der Waals surface area contributed by atoms with E-state index in [-0.39, 0.29) is 0 Å². The van der Waals surface area contributed by atoms with Crippen molar-refractivity contribution < 1.29 is 9.47 Å². The molecule has 0 radical (unpaired) electrons. The van der Waals surface area contributed by atoms with Gasteiger partial charge >= 0.3 is 0 Å². The van der Waals surface area contributed by atoms with Crippen LogP contribution in [0, 0.1) is 0 Å². The number of anilines is 2. The number of para-hydroxylation sites is 1. The van der Waals surface area contributed by atoms with E-state index < -0.39 is 0 Å². The Morgan fingerprint density at radius 3 is 2.25 bits per heavy atom. The minimum atomic E-state index is 0.446. The molecule has 2 N–H and O–H groups in total. The molecule has 0 amide bonds. The number of hydrogen-bond acceptors (Lipinski definition) is 6. The van der Waals surface area contributed by atoms with Crippen LogP contribution in [-0.2, 0) is 6.54 Å². The SMILES string of the molecule is COc1cc(OC)nc(N(C)c2ccccc2CN)n1. The van der Waals surface area contributed by atoms with Gasteiger partial charge in [-0.1, -0.05) is 18.2 Å². The molecule has 0 unspecified atom stereocenters. The summed E-state index contributed by atoms with van der Waals surface area (Å²) in [6.07, 6.45) is 0. The van der Waals surface area contributed by atoms with Gasteiger partial charge in [0.25, 0.3) is 0 Å². The molecule has 6 nitrogen and oxygen atoms in total. The maximum Gasteiger partial charge on any atom is 0.236 e. The van der Waals surface area contributed by atoms with Crippen molar-refractivity contribution >= 4 is 11.6 Å². The molecule has 2 aromatic rings. The molecule has 0 spiro atoms. The van der Waals surface area contributed by atoms with Crippen molar-refractivity contribution in [3.63, 3.8) is 0 Å². The fraction of sp³-hybridized carbons (Fsp3) is 0.286. The zero-order valence-electron chi connectivity index (χ0n) is 11.8. The first-order valence-electron chi connectivity index (χ1n) is 6.18. The first-order valence-corrected chi connectivity index (χ1v) is 6.18. The van der Waals surface area contributed by atoms with Crippen LogP contribution in [0.5, 0.6) is 11.8 Å². The molecule has 6 heteroatoms. The third-order valence-electron chi connectivity index (χ3n) is 2.96. The van der Waals surface area contributed by atoms with E-state index in [1.165, 1.54) is 0 Å². The Morgan fingerprint density at radius 1 is 1.10 bits per heavy atom. The normalized spacial score (nSPS) is 10.2. The maximum absolute atomic E-state index is 5.76. The van der Waals surface area contributed by atoms with Crippen LogP contribution in [0.4, 0.5) is 11.6 Å². The third kappa shape index (κ3) is 2.80. The number of hydrogen-bond donors (Lipinski definition) is 1. The van der Waals surface area contributed by atoms with Gasteiger partial charge in [-0.15, -0.1) is 0 Å². The first-order chi connectivity index (χ1) is 9.69. The van der Waals surface area contributed by atoms with Crippen molar-refractivity contribution in [3.8, 4) is 11.8 Å². The average molecular weight is 274 g/mol. The van der Waals surface area contributed by atoms with Crippen molar-refractivity contribution in [2.75, 3.05) is 26.2 Å². The van der Waals surface area contributed by atoms with Crippen LogP contribution < -0.4 is 20.1 Å². The van der Waals surface area contributed by atoms with Gasteiger partial charge in [0.05, 0.1) is 20.3 Å². The number of nitrogens with two attached hydrogens (primary N) is 1. The Kier molecular flexibility index (Phi) is 4.37. The first kappa shape index (κ1) is 14.1. The highest BCUT2D eigenvalue weighted by molar-refractivity contribution is 5.61. The van der Waals surface area contributed by atoms with E-state index in [2.05, 4.69) is 9.97 Å². The van der Waals surface area contributed by atoms with Crippen LogP contribution in [0.2, 0.25) is 0 Å². The topological polar surface area (TPSA) is 73.5 Å². The van der Waals surface area contributed by atoms with E-state index in [1.54, 1.807) is 20.3 Å². The van der Waals surface area contributed by atoms with Crippen LogP contribution in [0.25, 0.3) is 0 Å². The summed E-state index contributed by atoms with van der Waals surface area (Å²) in [5, 5.41) is 0. The van der Waals surface area contributed by atoms with Gasteiger partial charge in [0, 0.05) is 19.3 Å². The predicted molar refractivity (Wildman–Crippen MR) is 77.5 cm³/mol. The number of nitrogens with zero attached hydrogens (tertiary/aromatic N) is 3. The van der Waals surface area contributed by atoms with E-state index in [0.29, 0.717) is 24.3 Å². The van der Waals surface area contributed by atoms with E-state index in [9.17, 15) is 0 Å². The molecule has 106 valence electrons.